The van der Waals surface area contributed by atoms with E-state index in [-0.39, 0.29) is 10.7 Å². The molecule has 1 spiro atoms. The SMILES string of the molecule is OC[C@H]1O[C@@H](n2cnc3c(N4CC5(CCCc6ccccc65)C4)nc(Cl)nc32)C(O)[C@H]1O. The van der Waals surface area contributed by atoms with Crippen molar-refractivity contribution in [1.29, 1.82) is 0 Å². The minimum Gasteiger partial charge on any atom is -0.394 e. The minimum absolute atomic E-state index is 0.0750. The molecule has 0 saturated carbocycles. The van der Waals surface area contributed by atoms with Crippen LogP contribution in [0.4, 0.5) is 5.82 Å². The van der Waals surface area contributed by atoms with E-state index in [1.165, 1.54) is 23.9 Å². The van der Waals surface area contributed by atoms with Gasteiger partial charge in [-0.05, 0) is 42.0 Å². The predicted molar refractivity (Wildman–Crippen MR) is 117 cm³/mol. The highest BCUT2D eigenvalue weighted by atomic mass is 35.5. The van der Waals surface area contributed by atoms with Gasteiger partial charge < -0.3 is 25.0 Å². The molecular formula is C22H24ClN5O4. The van der Waals surface area contributed by atoms with Crippen LogP contribution < -0.4 is 4.90 Å². The Morgan fingerprint density at radius 2 is 1.97 bits per heavy atom. The molecule has 1 aliphatic carbocycles. The lowest BCUT2D eigenvalue weighted by Gasteiger charge is -2.53. The van der Waals surface area contributed by atoms with Crippen molar-refractivity contribution >= 4 is 28.6 Å². The minimum atomic E-state index is -1.23. The Labute approximate surface area is 189 Å². The van der Waals surface area contributed by atoms with Crippen LogP contribution in [0.1, 0.15) is 30.2 Å². The number of aliphatic hydroxyl groups is 3. The first-order valence-electron chi connectivity index (χ1n) is 10.9. The molecule has 10 heteroatoms. The van der Waals surface area contributed by atoms with Gasteiger partial charge in [0.15, 0.2) is 23.2 Å². The topological polar surface area (TPSA) is 117 Å². The molecule has 2 aromatic heterocycles. The van der Waals surface area contributed by atoms with Gasteiger partial charge in [0.25, 0.3) is 0 Å². The molecule has 1 aromatic carbocycles. The quantitative estimate of drug-likeness (QED) is 0.502. The third kappa shape index (κ3) is 2.89. The smallest absolute Gasteiger partial charge is 0.226 e. The molecule has 32 heavy (non-hydrogen) atoms. The summed E-state index contributed by atoms with van der Waals surface area (Å²) in [5.74, 6) is 0.652. The van der Waals surface area contributed by atoms with Crippen molar-refractivity contribution in [3.63, 3.8) is 0 Å². The molecule has 4 atom stereocenters. The molecule has 2 fully saturated rings. The number of aryl methyl sites for hydroxylation is 1. The number of imidazole rings is 1. The number of anilines is 1. The maximum atomic E-state index is 10.4. The lowest BCUT2D eigenvalue weighted by Crippen LogP contribution is -2.61. The van der Waals surface area contributed by atoms with Crippen molar-refractivity contribution in [2.75, 3.05) is 24.6 Å². The maximum Gasteiger partial charge on any atom is 0.226 e. The zero-order chi connectivity index (χ0) is 22.0. The van der Waals surface area contributed by atoms with E-state index in [1.807, 2.05) is 0 Å². The fourth-order valence-corrected chi connectivity index (χ4v) is 5.72. The van der Waals surface area contributed by atoms with E-state index in [2.05, 4.69) is 44.1 Å². The number of rotatable bonds is 3. The number of hydrogen-bond acceptors (Lipinski definition) is 8. The zero-order valence-corrected chi connectivity index (χ0v) is 18.1. The molecule has 2 aliphatic heterocycles. The molecular weight excluding hydrogens is 434 g/mol. The lowest BCUT2D eigenvalue weighted by molar-refractivity contribution is -0.0511. The summed E-state index contributed by atoms with van der Waals surface area (Å²) in [7, 11) is 0. The van der Waals surface area contributed by atoms with Gasteiger partial charge >= 0.3 is 0 Å². The summed E-state index contributed by atoms with van der Waals surface area (Å²) < 4.78 is 7.20. The van der Waals surface area contributed by atoms with Crippen LogP contribution in [0.3, 0.4) is 0 Å². The lowest BCUT2D eigenvalue weighted by atomic mass is 9.65. The molecule has 4 heterocycles. The highest BCUT2D eigenvalue weighted by Crippen LogP contribution is 2.46. The average Bonchev–Trinajstić information content (AvgIpc) is 3.32. The zero-order valence-electron chi connectivity index (χ0n) is 17.3. The Hall–Kier alpha value is -2.30. The van der Waals surface area contributed by atoms with E-state index >= 15 is 0 Å². The van der Waals surface area contributed by atoms with Gasteiger partial charge in [0, 0.05) is 18.5 Å². The van der Waals surface area contributed by atoms with Crippen molar-refractivity contribution in [2.24, 2.45) is 0 Å². The van der Waals surface area contributed by atoms with Crippen molar-refractivity contribution in [3.8, 4) is 0 Å². The molecule has 3 N–H and O–H groups in total. The summed E-state index contributed by atoms with van der Waals surface area (Å²) in [6.45, 7) is 1.25. The number of aliphatic hydroxyl groups excluding tert-OH is 3. The standard InChI is InChI=1S/C22H24ClN5O4/c23-21-25-18(27-9-22(10-27)7-3-5-12-4-1-2-6-13(12)22)15-19(26-21)28(11-24-15)20-17(31)16(30)14(8-29)32-20/h1-2,4,6,11,14,16-17,20,29-31H,3,5,7-10H2/t14-,16+,17?,20-/m1/s1. The summed E-state index contributed by atoms with van der Waals surface area (Å²) in [6, 6.07) is 8.68. The van der Waals surface area contributed by atoms with Crippen LogP contribution in [0.25, 0.3) is 11.2 Å². The third-order valence-corrected chi connectivity index (χ3v) is 7.31. The fourth-order valence-electron chi connectivity index (χ4n) is 5.56. The van der Waals surface area contributed by atoms with Crippen LogP contribution in [0.5, 0.6) is 0 Å². The summed E-state index contributed by atoms with van der Waals surface area (Å²) in [4.78, 5) is 15.5. The van der Waals surface area contributed by atoms with Crippen LogP contribution >= 0.6 is 11.6 Å². The third-order valence-electron chi connectivity index (χ3n) is 7.14. The highest BCUT2D eigenvalue weighted by molar-refractivity contribution is 6.28. The van der Waals surface area contributed by atoms with Crippen molar-refractivity contribution < 1.29 is 20.1 Å². The first-order chi connectivity index (χ1) is 15.5. The number of hydrogen-bond donors (Lipinski definition) is 3. The summed E-state index contributed by atoms with van der Waals surface area (Å²) in [5, 5.41) is 30.0. The molecule has 1 unspecified atom stereocenters. The Bertz CT molecular complexity index is 1180. The van der Waals surface area contributed by atoms with E-state index in [4.69, 9.17) is 16.3 Å². The first-order valence-corrected chi connectivity index (χ1v) is 11.2. The number of benzene rings is 1. The summed E-state index contributed by atoms with van der Waals surface area (Å²) in [5.41, 5.74) is 3.95. The van der Waals surface area contributed by atoms with E-state index < -0.39 is 31.1 Å². The number of nitrogens with zero attached hydrogens (tertiary/aromatic N) is 5. The molecule has 0 bridgehead atoms. The maximum absolute atomic E-state index is 10.4. The Morgan fingerprint density at radius 1 is 1.16 bits per heavy atom. The van der Waals surface area contributed by atoms with E-state index in [0.717, 1.165) is 25.9 Å². The first kappa shape index (κ1) is 20.3. The molecule has 2 saturated heterocycles. The Morgan fingerprint density at radius 3 is 2.75 bits per heavy atom. The van der Waals surface area contributed by atoms with Gasteiger partial charge in [0.1, 0.15) is 18.3 Å². The van der Waals surface area contributed by atoms with Crippen molar-refractivity contribution in [3.05, 3.63) is 47.0 Å². The molecule has 9 nitrogen and oxygen atoms in total. The van der Waals surface area contributed by atoms with Crippen LogP contribution in [0.2, 0.25) is 5.28 Å². The van der Waals surface area contributed by atoms with Gasteiger partial charge in [-0.25, -0.2) is 4.98 Å². The van der Waals surface area contributed by atoms with Gasteiger partial charge in [-0.2, -0.15) is 9.97 Å². The second-order valence-electron chi connectivity index (χ2n) is 9.02. The Kier molecular flexibility index (Phi) is 4.67. The molecule has 0 amide bonds. The number of ether oxygens (including phenoxy) is 1. The second-order valence-corrected chi connectivity index (χ2v) is 9.35. The average molecular weight is 458 g/mol. The normalized spacial score (nSPS) is 28.8. The molecule has 168 valence electrons. The summed E-state index contributed by atoms with van der Waals surface area (Å²) in [6.07, 6.45) is 0.684. The number of fused-ring (bicyclic) bond motifs is 3. The van der Waals surface area contributed by atoms with E-state index in [1.54, 1.807) is 4.57 Å². The van der Waals surface area contributed by atoms with Gasteiger partial charge in [0.2, 0.25) is 5.28 Å². The Balaban J connectivity index is 1.34. The van der Waals surface area contributed by atoms with Crippen molar-refractivity contribution in [1.82, 2.24) is 19.5 Å². The molecule has 6 rings (SSSR count). The fraction of sp³-hybridized carbons (Fsp3) is 0.500. The monoisotopic (exact) mass is 457 g/mol. The van der Waals surface area contributed by atoms with E-state index in [9.17, 15) is 15.3 Å². The summed E-state index contributed by atoms with van der Waals surface area (Å²) >= 11 is 6.28. The van der Waals surface area contributed by atoms with Crippen molar-refractivity contribution in [2.45, 2.75) is 49.2 Å². The van der Waals surface area contributed by atoms with Crippen LogP contribution in [-0.2, 0) is 16.6 Å². The van der Waals surface area contributed by atoms with Gasteiger partial charge in [-0.15, -0.1) is 0 Å². The van der Waals surface area contributed by atoms with Crippen LogP contribution in [0, 0.1) is 0 Å². The van der Waals surface area contributed by atoms with E-state index in [0.29, 0.717) is 17.0 Å². The second kappa shape index (κ2) is 7.36. The van der Waals surface area contributed by atoms with Gasteiger partial charge in [-0.3, -0.25) is 4.57 Å². The van der Waals surface area contributed by atoms with Gasteiger partial charge in [0.05, 0.1) is 12.9 Å². The highest BCUT2D eigenvalue weighted by Gasteiger charge is 2.48. The van der Waals surface area contributed by atoms with Crippen LogP contribution in [-0.4, -0.2) is 72.8 Å². The predicted octanol–water partition coefficient (Wildman–Crippen LogP) is 1.19. The largest absolute Gasteiger partial charge is 0.394 e. The van der Waals surface area contributed by atoms with Crippen LogP contribution in [0.15, 0.2) is 30.6 Å². The molecule has 3 aliphatic rings. The molecule has 0 radical (unpaired) electrons. The molecule has 3 aromatic rings. The number of aromatic nitrogens is 4. The van der Waals surface area contributed by atoms with Gasteiger partial charge in [-0.1, -0.05) is 24.3 Å². The number of halogens is 1.